The first-order chi connectivity index (χ1) is 8.22. The van der Waals surface area contributed by atoms with Crippen molar-refractivity contribution in [2.75, 3.05) is 33.4 Å². The number of ether oxygens (including phenoxy) is 1. The van der Waals surface area contributed by atoms with Gasteiger partial charge in [-0.1, -0.05) is 0 Å². The zero-order valence-corrected chi connectivity index (χ0v) is 10.9. The summed E-state index contributed by atoms with van der Waals surface area (Å²) in [7, 11) is 1.74. The Morgan fingerprint density at radius 2 is 2.06 bits per heavy atom. The van der Waals surface area contributed by atoms with Gasteiger partial charge in [0, 0.05) is 20.1 Å². The largest absolute Gasteiger partial charge is 0.481 e. The van der Waals surface area contributed by atoms with Gasteiger partial charge in [0.1, 0.15) is 0 Å². The highest BCUT2D eigenvalue weighted by molar-refractivity contribution is 5.66. The number of unbranched alkanes of at least 4 members (excludes halogenated alkanes) is 1. The van der Waals surface area contributed by atoms with Gasteiger partial charge in [0.25, 0.3) is 0 Å². The number of likely N-dealkylation sites (tertiary alicyclic amines) is 1. The smallest absolute Gasteiger partial charge is 0.303 e. The molecule has 0 saturated carbocycles. The van der Waals surface area contributed by atoms with E-state index >= 15 is 0 Å². The third-order valence-electron chi connectivity index (χ3n) is 3.55. The summed E-state index contributed by atoms with van der Waals surface area (Å²) in [6.45, 7) is 4.29. The van der Waals surface area contributed by atoms with Crippen LogP contribution in [-0.4, -0.2) is 49.3 Å². The van der Waals surface area contributed by atoms with Gasteiger partial charge in [-0.05, 0) is 57.7 Å². The number of nitrogens with zero attached hydrogens (tertiary/aromatic N) is 1. The minimum atomic E-state index is -0.660. The van der Waals surface area contributed by atoms with Gasteiger partial charge in [-0.25, -0.2) is 0 Å². The van der Waals surface area contributed by atoms with E-state index in [4.69, 9.17) is 9.84 Å². The minimum absolute atomic E-state index is 0.332. The molecule has 1 heterocycles. The van der Waals surface area contributed by atoms with Gasteiger partial charge >= 0.3 is 5.97 Å². The summed E-state index contributed by atoms with van der Waals surface area (Å²) in [4.78, 5) is 13.0. The summed E-state index contributed by atoms with van der Waals surface area (Å²) in [5.41, 5.74) is 0. The Bertz CT molecular complexity index is 213. The SMILES string of the molecule is COCCCCN1CCC(CCC(=O)O)CC1. The van der Waals surface area contributed by atoms with E-state index < -0.39 is 5.97 Å². The van der Waals surface area contributed by atoms with Crippen LogP contribution in [0.4, 0.5) is 0 Å². The third kappa shape index (κ3) is 6.64. The average Bonchev–Trinajstić information content (AvgIpc) is 2.33. The molecule has 17 heavy (non-hydrogen) atoms. The molecule has 100 valence electrons. The molecule has 1 rings (SSSR count). The number of hydrogen-bond donors (Lipinski definition) is 1. The van der Waals surface area contributed by atoms with Crippen molar-refractivity contribution in [3.63, 3.8) is 0 Å². The predicted octanol–water partition coefficient (Wildman–Crippen LogP) is 1.99. The highest BCUT2D eigenvalue weighted by Gasteiger charge is 2.19. The third-order valence-corrected chi connectivity index (χ3v) is 3.55. The van der Waals surface area contributed by atoms with E-state index in [0.29, 0.717) is 12.3 Å². The van der Waals surface area contributed by atoms with Crippen LogP contribution in [0.1, 0.15) is 38.5 Å². The van der Waals surface area contributed by atoms with Crippen LogP contribution < -0.4 is 0 Å². The Morgan fingerprint density at radius 1 is 1.35 bits per heavy atom. The first kappa shape index (κ1) is 14.5. The first-order valence-electron chi connectivity index (χ1n) is 6.65. The van der Waals surface area contributed by atoms with E-state index in [9.17, 15) is 4.79 Å². The molecule has 0 radical (unpaired) electrons. The number of carbonyl (C=O) groups is 1. The lowest BCUT2D eigenvalue weighted by atomic mass is 9.92. The molecule has 1 fully saturated rings. The van der Waals surface area contributed by atoms with Crippen molar-refractivity contribution in [1.29, 1.82) is 0 Å². The Hall–Kier alpha value is -0.610. The summed E-state index contributed by atoms with van der Waals surface area (Å²) in [6, 6.07) is 0. The maximum atomic E-state index is 10.5. The van der Waals surface area contributed by atoms with Gasteiger partial charge < -0.3 is 14.7 Å². The van der Waals surface area contributed by atoms with Gasteiger partial charge in [0.05, 0.1) is 0 Å². The molecule has 0 spiro atoms. The normalized spacial score (nSPS) is 18.4. The van der Waals surface area contributed by atoms with Crippen LogP contribution in [0.3, 0.4) is 0 Å². The number of aliphatic carboxylic acids is 1. The molecule has 0 atom stereocenters. The summed E-state index contributed by atoms with van der Waals surface area (Å²) in [5, 5.41) is 8.64. The summed E-state index contributed by atoms with van der Waals surface area (Å²) in [6.07, 6.45) is 5.85. The lowest BCUT2D eigenvalue weighted by Gasteiger charge is -2.31. The highest BCUT2D eigenvalue weighted by atomic mass is 16.5. The van der Waals surface area contributed by atoms with Crippen LogP contribution in [0.5, 0.6) is 0 Å². The molecule has 0 amide bonds. The van der Waals surface area contributed by atoms with Crippen LogP contribution in [-0.2, 0) is 9.53 Å². The molecule has 0 aromatic carbocycles. The molecule has 1 aliphatic heterocycles. The van der Waals surface area contributed by atoms with E-state index in [-0.39, 0.29) is 0 Å². The fourth-order valence-corrected chi connectivity index (χ4v) is 2.41. The van der Waals surface area contributed by atoms with Gasteiger partial charge in [0.2, 0.25) is 0 Å². The molecule has 0 aliphatic carbocycles. The molecule has 0 bridgehead atoms. The molecule has 4 nitrogen and oxygen atoms in total. The van der Waals surface area contributed by atoms with Crippen LogP contribution in [0.2, 0.25) is 0 Å². The molecule has 1 N–H and O–H groups in total. The highest BCUT2D eigenvalue weighted by Crippen LogP contribution is 2.21. The molecular formula is C13H25NO3. The number of hydrogen-bond acceptors (Lipinski definition) is 3. The van der Waals surface area contributed by atoms with E-state index in [1.165, 1.54) is 6.42 Å². The Morgan fingerprint density at radius 3 is 2.65 bits per heavy atom. The maximum Gasteiger partial charge on any atom is 0.303 e. The number of methoxy groups -OCH3 is 1. The monoisotopic (exact) mass is 243 g/mol. The van der Waals surface area contributed by atoms with E-state index in [2.05, 4.69) is 4.90 Å². The molecule has 1 saturated heterocycles. The quantitative estimate of drug-likeness (QED) is 0.662. The molecular weight excluding hydrogens is 218 g/mol. The second-order valence-corrected chi connectivity index (χ2v) is 4.92. The van der Waals surface area contributed by atoms with Gasteiger partial charge in [-0.2, -0.15) is 0 Å². The van der Waals surface area contributed by atoms with E-state index in [1.807, 2.05) is 0 Å². The Kier molecular flexibility index (Phi) is 7.21. The van der Waals surface area contributed by atoms with Gasteiger partial charge in [0.15, 0.2) is 0 Å². The number of piperidine rings is 1. The zero-order chi connectivity index (χ0) is 12.5. The average molecular weight is 243 g/mol. The Labute approximate surface area is 104 Å². The number of rotatable bonds is 8. The lowest BCUT2D eigenvalue weighted by Crippen LogP contribution is -2.34. The minimum Gasteiger partial charge on any atom is -0.481 e. The molecule has 4 heteroatoms. The molecule has 0 unspecified atom stereocenters. The van der Waals surface area contributed by atoms with Crippen molar-refractivity contribution in [2.45, 2.75) is 38.5 Å². The van der Waals surface area contributed by atoms with Crippen molar-refractivity contribution < 1.29 is 14.6 Å². The molecule has 0 aromatic heterocycles. The van der Waals surface area contributed by atoms with Crippen molar-refractivity contribution in [1.82, 2.24) is 4.90 Å². The number of carboxylic acids is 1. The lowest BCUT2D eigenvalue weighted by molar-refractivity contribution is -0.137. The maximum absolute atomic E-state index is 10.5. The summed E-state index contributed by atoms with van der Waals surface area (Å²) in [5.74, 6) is -0.0340. The van der Waals surface area contributed by atoms with Crippen molar-refractivity contribution in [3.8, 4) is 0 Å². The fourth-order valence-electron chi connectivity index (χ4n) is 2.41. The second kappa shape index (κ2) is 8.48. The zero-order valence-electron chi connectivity index (χ0n) is 10.9. The van der Waals surface area contributed by atoms with Crippen LogP contribution in [0, 0.1) is 5.92 Å². The van der Waals surface area contributed by atoms with E-state index in [0.717, 1.165) is 51.9 Å². The van der Waals surface area contributed by atoms with Crippen molar-refractivity contribution >= 4 is 5.97 Å². The summed E-state index contributed by atoms with van der Waals surface area (Å²) >= 11 is 0. The van der Waals surface area contributed by atoms with Crippen LogP contribution >= 0.6 is 0 Å². The van der Waals surface area contributed by atoms with Gasteiger partial charge in [-0.15, -0.1) is 0 Å². The predicted molar refractivity (Wildman–Crippen MR) is 67.1 cm³/mol. The fraction of sp³-hybridized carbons (Fsp3) is 0.923. The first-order valence-corrected chi connectivity index (χ1v) is 6.65. The number of carboxylic acid groups (broad SMARTS) is 1. The molecule has 1 aliphatic rings. The van der Waals surface area contributed by atoms with E-state index in [1.54, 1.807) is 7.11 Å². The standard InChI is InChI=1S/C13H25NO3/c1-17-11-3-2-8-14-9-6-12(7-10-14)4-5-13(15)16/h12H,2-11H2,1H3,(H,15,16). The molecule has 0 aromatic rings. The van der Waals surface area contributed by atoms with Crippen molar-refractivity contribution in [3.05, 3.63) is 0 Å². The van der Waals surface area contributed by atoms with Gasteiger partial charge in [-0.3, -0.25) is 4.79 Å². The Balaban J connectivity index is 2.03. The van der Waals surface area contributed by atoms with Crippen molar-refractivity contribution in [2.24, 2.45) is 5.92 Å². The topological polar surface area (TPSA) is 49.8 Å². The van der Waals surface area contributed by atoms with Crippen LogP contribution in [0.25, 0.3) is 0 Å². The van der Waals surface area contributed by atoms with Crippen LogP contribution in [0.15, 0.2) is 0 Å². The summed E-state index contributed by atoms with van der Waals surface area (Å²) < 4.78 is 5.03. The second-order valence-electron chi connectivity index (χ2n) is 4.92.